The molecule has 0 aliphatic heterocycles. The van der Waals surface area contributed by atoms with Crippen LogP contribution in [0.15, 0.2) is 60.5 Å². The molecule has 33 heavy (non-hydrogen) atoms. The summed E-state index contributed by atoms with van der Waals surface area (Å²) in [6.45, 7) is 8.27. The number of nitrogens with zero attached hydrogens (tertiary/aromatic N) is 5. The fraction of sp³-hybridized carbons (Fsp3) is 0.280. The van der Waals surface area contributed by atoms with Crippen molar-refractivity contribution in [1.82, 2.24) is 19.7 Å². The number of hydrogen-bond acceptors (Lipinski definition) is 5. The highest BCUT2D eigenvalue weighted by molar-refractivity contribution is 7.10. The topological polar surface area (TPSA) is 67.4 Å². The molecular formula is C25H25F2N5S. The minimum atomic E-state index is -0.759. The minimum Gasteiger partial charge on any atom is -0.252 e. The summed E-state index contributed by atoms with van der Waals surface area (Å²) < 4.78 is 30.1. The highest BCUT2D eigenvalue weighted by Gasteiger charge is 2.39. The van der Waals surface area contributed by atoms with Gasteiger partial charge in [-0.05, 0) is 23.8 Å². The van der Waals surface area contributed by atoms with Crippen LogP contribution in [-0.4, -0.2) is 19.7 Å². The fourth-order valence-electron chi connectivity index (χ4n) is 3.67. The highest BCUT2D eigenvalue weighted by Crippen LogP contribution is 2.43. The lowest BCUT2D eigenvalue weighted by Crippen LogP contribution is -2.35. The van der Waals surface area contributed by atoms with Gasteiger partial charge < -0.3 is 0 Å². The van der Waals surface area contributed by atoms with Gasteiger partial charge in [-0.1, -0.05) is 45.9 Å². The molecule has 2 aromatic heterocycles. The lowest BCUT2D eigenvalue weighted by molar-refractivity contribution is 0.310. The van der Waals surface area contributed by atoms with E-state index < -0.39 is 17.0 Å². The van der Waals surface area contributed by atoms with E-state index in [1.54, 1.807) is 23.1 Å². The Morgan fingerprint density at radius 2 is 1.88 bits per heavy atom. The standard InChI is InChI=1S/C23H19F2N5S.C2H6/c1-15(22-29-21(11-31-22)17-5-3-16(10-26)4-6-17)23(2,12-30-14-27-13-28-30)19-8-7-18(24)9-20(19)25;1-2/h3-9,11,13-15H,12H2,1-2H3;1-2H3. The van der Waals surface area contributed by atoms with E-state index in [0.717, 1.165) is 22.3 Å². The molecule has 0 fully saturated rings. The van der Waals surface area contributed by atoms with Crippen molar-refractivity contribution in [2.75, 3.05) is 0 Å². The van der Waals surface area contributed by atoms with Gasteiger partial charge in [-0.3, -0.25) is 4.68 Å². The first-order chi connectivity index (χ1) is 15.9. The summed E-state index contributed by atoms with van der Waals surface area (Å²) in [7, 11) is 0. The zero-order valence-electron chi connectivity index (χ0n) is 19.0. The molecule has 4 rings (SSSR count). The maximum atomic E-state index is 14.9. The molecule has 0 spiro atoms. The Morgan fingerprint density at radius 3 is 2.48 bits per heavy atom. The summed E-state index contributed by atoms with van der Waals surface area (Å²) in [6.07, 6.45) is 3.01. The molecule has 0 saturated carbocycles. The highest BCUT2D eigenvalue weighted by atomic mass is 32.1. The van der Waals surface area contributed by atoms with E-state index in [1.165, 1.54) is 29.8 Å². The van der Waals surface area contributed by atoms with Gasteiger partial charge in [-0.2, -0.15) is 10.4 Å². The summed E-state index contributed by atoms with van der Waals surface area (Å²) in [5.41, 5.74) is 1.91. The predicted octanol–water partition coefficient (Wildman–Crippen LogP) is 6.34. The second kappa shape index (κ2) is 10.5. The van der Waals surface area contributed by atoms with Crippen LogP contribution in [0.4, 0.5) is 8.78 Å². The average Bonchev–Trinajstić information content (AvgIpc) is 3.52. The summed E-state index contributed by atoms with van der Waals surface area (Å²) in [5.74, 6) is -1.42. The van der Waals surface area contributed by atoms with E-state index in [0.29, 0.717) is 17.7 Å². The van der Waals surface area contributed by atoms with Crippen molar-refractivity contribution < 1.29 is 8.78 Å². The molecule has 170 valence electrons. The molecule has 0 saturated heterocycles. The number of hydrogen-bond donors (Lipinski definition) is 0. The molecule has 2 unspecified atom stereocenters. The fourth-order valence-corrected chi connectivity index (χ4v) is 4.70. The van der Waals surface area contributed by atoms with Crippen LogP contribution in [0.3, 0.4) is 0 Å². The Bertz CT molecular complexity index is 1230. The zero-order valence-corrected chi connectivity index (χ0v) is 19.8. The third-order valence-corrected chi connectivity index (χ3v) is 6.69. The van der Waals surface area contributed by atoms with E-state index in [4.69, 9.17) is 10.2 Å². The molecule has 0 radical (unpaired) electrons. The maximum Gasteiger partial charge on any atom is 0.137 e. The predicted molar refractivity (Wildman–Crippen MR) is 126 cm³/mol. The van der Waals surface area contributed by atoms with Gasteiger partial charge in [-0.15, -0.1) is 11.3 Å². The van der Waals surface area contributed by atoms with Crippen LogP contribution in [0, 0.1) is 23.0 Å². The molecule has 2 atom stereocenters. The third-order valence-electron chi connectivity index (χ3n) is 5.66. The van der Waals surface area contributed by atoms with Crippen molar-refractivity contribution in [3.05, 3.63) is 88.3 Å². The van der Waals surface area contributed by atoms with Crippen molar-refractivity contribution in [2.45, 2.75) is 45.6 Å². The summed E-state index contributed by atoms with van der Waals surface area (Å²) in [4.78, 5) is 8.79. The Balaban J connectivity index is 0.00000149. The summed E-state index contributed by atoms with van der Waals surface area (Å²) >= 11 is 1.49. The molecule has 5 nitrogen and oxygen atoms in total. The third kappa shape index (κ3) is 5.15. The molecule has 0 amide bonds. The molecule has 8 heteroatoms. The number of benzene rings is 2. The van der Waals surface area contributed by atoms with Crippen molar-refractivity contribution in [1.29, 1.82) is 5.26 Å². The van der Waals surface area contributed by atoms with Crippen LogP contribution in [0.25, 0.3) is 11.3 Å². The quantitative estimate of drug-likeness (QED) is 0.333. The number of rotatable bonds is 6. The van der Waals surface area contributed by atoms with Crippen molar-refractivity contribution in [2.24, 2.45) is 0 Å². The first-order valence-electron chi connectivity index (χ1n) is 10.6. The van der Waals surface area contributed by atoms with Gasteiger partial charge >= 0.3 is 0 Å². The normalized spacial score (nSPS) is 13.4. The van der Waals surface area contributed by atoms with Crippen LogP contribution >= 0.6 is 11.3 Å². The molecule has 2 aromatic carbocycles. The second-order valence-corrected chi connectivity index (χ2v) is 8.51. The smallest absolute Gasteiger partial charge is 0.137 e. The van der Waals surface area contributed by atoms with Gasteiger partial charge in [0.05, 0.1) is 28.9 Å². The number of nitriles is 1. The SMILES string of the molecule is CC.CC(c1nc(-c2ccc(C#N)cc2)cs1)C(C)(Cn1cncn1)c1ccc(F)cc1F. The number of halogens is 2. The van der Waals surface area contributed by atoms with Crippen molar-refractivity contribution >= 4 is 11.3 Å². The largest absolute Gasteiger partial charge is 0.252 e. The van der Waals surface area contributed by atoms with E-state index in [2.05, 4.69) is 16.2 Å². The lowest BCUT2D eigenvalue weighted by Gasteiger charge is -2.35. The Hall–Kier alpha value is -3.44. The first kappa shape index (κ1) is 24.2. The molecule has 4 aromatic rings. The van der Waals surface area contributed by atoms with Gasteiger partial charge in [0.2, 0.25) is 0 Å². The van der Waals surface area contributed by atoms with Gasteiger partial charge in [-0.25, -0.2) is 18.7 Å². The van der Waals surface area contributed by atoms with Gasteiger partial charge in [0.25, 0.3) is 0 Å². The molecule has 2 heterocycles. The van der Waals surface area contributed by atoms with E-state index in [9.17, 15) is 8.78 Å². The van der Waals surface area contributed by atoms with Crippen LogP contribution < -0.4 is 0 Å². The van der Waals surface area contributed by atoms with E-state index in [-0.39, 0.29) is 5.92 Å². The second-order valence-electron chi connectivity index (χ2n) is 7.62. The summed E-state index contributed by atoms with van der Waals surface area (Å²) in [5, 5.41) is 15.9. The molecule has 0 aliphatic rings. The summed E-state index contributed by atoms with van der Waals surface area (Å²) in [6, 6.07) is 13.0. The molecule has 0 bridgehead atoms. The van der Waals surface area contributed by atoms with Crippen LogP contribution in [0.5, 0.6) is 0 Å². The van der Waals surface area contributed by atoms with Crippen molar-refractivity contribution in [3.63, 3.8) is 0 Å². The molecule has 0 aliphatic carbocycles. The lowest BCUT2D eigenvalue weighted by atomic mass is 9.72. The monoisotopic (exact) mass is 465 g/mol. The van der Waals surface area contributed by atoms with Crippen LogP contribution in [0.1, 0.15) is 49.7 Å². The maximum absolute atomic E-state index is 14.9. The Kier molecular flexibility index (Phi) is 7.67. The Labute approximate surface area is 196 Å². The van der Waals surface area contributed by atoms with Crippen molar-refractivity contribution in [3.8, 4) is 17.3 Å². The van der Waals surface area contributed by atoms with Gasteiger partial charge in [0.1, 0.15) is 24.3 Å². The van der Waals surface area contributed by atoms with Crippen LogP contribution in [-0.2, 0) is 12.0 Å². The van der Waals surface area contributed by atoms with Crippen LogP contribution in [0.2, 0.25) is 0 Å². The van der Waals surface area contributed by atoms with Gasteiger partial charge in [0.15, 0.2) is 0 Å². The van der Waals surface area contributed by atoms with E-state index in [1.807, 2.05) is 45.2 Å². The zero-order chi connectivity index (χ0) is 24.0. The number of aromatic nitrogens is 4. The Morgan fingerprint density at radius 1 is 1.15 bits per heavy atom. The number of thiazole rings is 1. The average molecular weight is 466 g/mol. The van der Waals surface area contributed by atoms with E-state index >= 15 is 0 Å². The van der Waals surface area contributed by atoms with Gasteiger partial charge in [0, 0.05) is 28.3 Å². The first-order valence-corrected chi connectivity index (χ1v) is 11.5. The molecule has 0 N–H and O–H groups in total. The minimum absolute atomic E-state index is 0.200. The molecular weight excluding hydrogens is 440 g/mol.